The standard InChI is InChI=1S/C26H30N2O/c1-5-7-14-23-24(29)28(4)26(15-16-26)27-25(23,3)22-13-9-12-21(18-22)20-11-8-10-19(6-2)17-20/h2,8-13,17-18,23,27H,5,7,14-16H2,1,3-4H3/t23-,25+/m0/s1. The summed E-state index contributed by atoms with van der Waals surface area (Å²) in [5.74, 6) is 2.93. The summed E-state index contributed by atoms with van der Waals surface area (Å²) in [5, 5.41) is 3.91. The first-order valence-electron chi connectivity index (χ1n) is 10.7. The van der Waals surface area contributed by atoms with Crippen molar-refractivity contribution < 1.29 is 4.79 Å². The van der Waals surface area contributed by atoms with Crippen molar-refractivity contribution in [3.63, 3.8) is 0 Å². The van der Waals surface area contributed by atoms with E-state index >= 15 is 0 Å². The van der Waals surface area contributed by atoms with Crippen molar-refractivity contribution in [2.45, 2.75) is 57.2 Å². The highest BCUT2D eigenvalue weighted by molar-refractivity contribution is 5.83. The van der Waals surface area contributed by atoms with Crippen molar-refractivity contribution in [3.05, 3.63) is 59.7 Å². The third kappa shape index (κ3) is 3.36. The van der Waals surface area contributed by atoms with Crippen LogP contribution in [0.25, 0.3) is 11.1 Å². The Kier molecular flexibility index (Phi) is 5.00. The Balaban J connectivity index is 1.76. The molecule has 1 saturated carbocycles. The minimum atomic E-state index is -0.380. The molecule has 0 bridgehead atoms. The third-order valence-electron chi connectivity index (χ3n) is 6.85. The van der Waals surface area contributed by atoms with Crippen LogP contribution in [0.15, 0.2) is 48.5 Å². The number of nitrogens with zero attached hydrogens (tertiary/aromatic N) is 1. The first kappa shape index (κ1) is 19.7. The Morgan fingerprint density at radius 3 is 2.52 bits per heavy atom. The lowest BCUT2D eigenvalue weighted by molar-refractivity contribution is -0.149. The van der Waals surface area contributed by atoms with Gasteiger partial charge in [-0.15, -0.1) is 6.42 Å². The van der Waals surface area contributed by atoms with Crippen molar-refractivity contribution in [1.29, 1.82) is 0 Å². The van der Waals surface area contributed by atoms with Gasteiger partial charge < -0.3 is 4.90 Å². The Morgan fingerprint density at radius 1 is 1.17 bits per heavy atom. The molecule has 1 saturated heterocycles. The molecular formula is C26H30N2O. The molecule has 1 aliphatic carbocycles. The van der Waals surface area contributed by atoms with Gasteiger partial charge in [0.2, 0.25) is 5.91 Å². The van der Waals surface area contributed by atoms with E-state index in [1.165, 1.54) is 5.56 Å². The van der Waals surface area contributed by atoms with Crippen LogP contribution in [0.3, 0.4) is 0 Å². The van der Waals surface area contributed by atoms with Gasteiger partial charge in [0.25, 0.3) is 0 Å². The number of unbranched alkanes of at least 4 members (excludes halogenated alkanes) is 1. The molecule has 0 aromatic heterocycles. The second-order valence-electron chi connectivity index (χ2n) is 8.76. The van der Waals surface area contributed by atoms with E-state index in [0.717, 1.165) is 48.8 Å². The average molecular weight is 387 g/mol. The van der Waals surface area contributed by atoms with Gasteiger partial charge in [-0.2, -0.15) is 0 Å². The summed E-state index contributed by atoms with van der Waals surface area (Å²) in [5.41, 5.74) is 3.74. The highest BCUT2D eigenvalue weighted by Gasteiger charge is 2.60. The van der Waals surface area contributed by atoms with E-state index in [1.807, 2.05) is 30.1 Å². The van der Waals surface area contributed by atoms with Crippen molar-refractivity contribution in [3.8, 4) is 23.5 Å². The molecule has 1 amide bonds. The number of amides is 1. The van der Waals surface area contributed by atoms with E-state index < -0.39 is 0 Å². The molecule has 1 spiro atoms. The van der Waals surface area contributed by atoms with E-state index in [2.05, 4.69) is 55.4 Å². The second kappa shape index (κ2) is 7.35. The van der Waals surface area contributed by atoms with Crippen molar-refractivity contribution in [2.24, 2.45) is 5.92 Å². The fourth-order valence-corrected chi connectivity index (χ4v) is 4.83. The zero-order valence-electron chi connectivity index (χ0n) is 17.7. The van der Waals surface area contributed by atoms with Crippen LogP contribution < -0.4 is 5.32 Å². The molecule has 3 nitrogen and oxygen atoms in total. The van der Waals surface area contributed by atoms with Crippen molar-refractivity contribution >= 4 is 5.91 Å². The normalized spacial score (nSPS) is 25.1. The average Bonchev–Trinajstić information content (AvgIpc) is 3.52. The molecule has 3 heteroatoms. The van der Waals surface area contributed by atoms with Crippen LogP contribution in [0, 0.1) is 18.3 Å². The highest BCUT2D eigenvalue weighted by atomic mass is 16.2. The lowest BCUT2D eigenvalue weighted by atomic mass is 9.73. The minimum Gasteiger partial charge on any atom is -0.327 e. The highest BCUT2D eigenvalue weighted by Crippen LogP contribution is 2.50. The maximum absolute atomic E-state index is 13.4. The first-order chi connectivity index (χ1) is 13.9. The van der Waals surface area contributed by atoms with Crippen molar-refractivity contribution in [2.75, 3.05) is 7.05 Å². The molecule has 2 aromatic carbocycles. The first-order valence-corrected chi connectivity index (χ1v) is 10.7. The Bertz CT molecular complexity index is 969. The lowest BCUT2D eigenvalue weighted by Crippen LogP contribution is -2.67. The number of nitrogens with one attached hydrogen (secondary N) is 1. The van der Waals surface area contributed by atoms with Crippen LogP contribution in [0.5, 0.6) is 0 Å². The van der Waals surface area contributed by atoms with Crippen LogP contribution in [0.1, 0.15) is 57.1 Å². The topological polar surface area (TPSA) is 32.3 Å². The van der Waals surface area contributed by atoms with E-state index in [-0.39, 0.29) is 23.0 Å². The summed E-state index contributed by atoms with van der Waals surface area (Å²) in [6, 6.07) is 16.7. The van der Waals surface area contributed by atoms with Gasteiger partial charge in [0.1, 0.15) is 0 Å². The molecule has 1 heterocycles. The number of hydrogen-bond donors (Lipinski definition) is 1. The van der Waals surface area contributed by atoms with Crippen LogP contribution >= 0.6 is 0 Å². The SMILES string of the molecule is C#Cc1cccc(-c2cccc([C@@]3(C)NC4(CC4)N(C)C(=O)[C@@H]3CCCC)c2)c1. The summed E-state index contributed by atoms with van der Waals surface area (Å²) < 4.78 is 0. The zero-order chi connectivity index (χ0) is 20.6. The molecule has 0 unspecified atom stereocenters. The molecule has 2 aromatic rings. The van der Waals surface area contributed by atoms with Gasteiger partial charge in [0, 0.05) is 12.6 Å². The Morgan fingerprint density at radius 2 is 1.86 bits per heavy atom. The number of rotatable bonds is 5. The molecule has 29 heavy (non-hydrogen) atoms. The smallest absolute Gasteiger partial charge is 0.229 e. The largest absolute Gasteiger partial charge is 0.327 e. The molecule has 150 valence electrons. The molecule has 2 atom stereocenters. The molecule has 4 rings (SSSR count). The predicted molar refractivity (Wildman–Crippen MR) is 118 cm³/mol. The lowest BCUT2D eigenvalue weighted by Gasteiger charge is -2.50. The third-order valence-corrected chi connectivity index (χ3v) is 6.85. The predicted octanol–water partition coefficient (Wildman–Crippen LogP) is 4.91. The molecule has 2 aliphatic rings. The molecule has 1 aliphatic heterocycles. The summed E-state index contributed by atoms with van der Waals surface area (Å²) in [7, 11) is 1.96. The second-order valence-corrected chi connectivity index (χ2v) is 8.76. The fraction of sp³-hybridized carbons (Fsp3) is 0.423. The molecule has 1 N–H and O–H groups in total. The van der Waals surface area contributed by atoms with Gasteiger partial charge in [0.05, 0.1) is 17.1 Å². The van der Waals surface area contributed by atoms with Gasteiger partial charge in [-0.1, -0.05) is 56.0 Å². The summed E-state index contributed by atoms with van der Waals surface area (Å²) in [4.78, 5) is 15.3. The Hall–Kier alpha value is -2.57. The van der Waals surface area contributed by atoms with E-state index in [4.69, 9.17) is 6.42 Å². The van der Waals surface area contributed by atoms with E-state index in [1.54, 1.807) is 0 Å². The quantitative estimate of drug-likeness (QED) is 0.741. The summed E-state index contributed by atoms with van der Waals surface area (Å²) in [6.07, 6.45) is 10.7. The van der Waals surface area contributed by atoms with Crippen molar-refractivity contribution in [1.82, 2.24) is 10.2 Å². The van der Waals surface area contributed by atoms with Crippen LogP contribution in [-0.2, 0) is 10.3 Å². The summed E-state index contributed by atoms with van der Waals surface area (Å²) in [6.45, 7) is 4.40. The maximum atomic E-state index is 13.4. The number of benzene rings is 2. The van der Waals surface area contributed by atoms with E-state index in [0.29, 0.717) is 0 Å². The zero-order valence-corrected chi connectivity index (χ0v) is 17.7. The molecular weight excluding hydrogens is 356 g/mol. The van der Waals surface area contributed by atoms with Crippen LogP contribution in [0.4, 0.5) is 0 Å². The minimum absolute atomic E-state index is 0.0639. The van der Waals surface area contributed by atoms with Gasteiger partial charge >= 0.3 is 0 Å². The fourth-order valence-electron chi connectivity index (χ4n) is 4.83. The Labute approximate surface area is 174 Å². The maximum Gasteiger partial charge on any atom is 0.229 e. The van der Waals surface area contributed by atoms with E-state index in [9.17, 15) is 4.79 Å². The number of hydrogen-bond acceptors (Lipinski definition) is 2. The van der Waals surface area contributed by atoms with Gasteiger partial charge in [-0.3, -0.25) is 10.1 Å². The van der Waals surface area contributed by atoms with Gasteiger partial charge in [-0.05, 0) is 61.1 Å². The summed E-state index contributed by atoms with van der Waals surface area (Å²) >= 11 is 0. The number of carbonyl (C=O) groups excluding carboxylic acids is 1. The van der Waals surface area contributed by atoms with Gasteiger partial charge in [0.15, 0.2) is 0 Å². The number of carbonyl (C=O) groups is 1. The monoisotopic (exact) mass is 386 g/mol. The molecule has 0 radical (unpaired) electrons. The molecule has 2 fully saturated rings. The van der Waals surface area contributed by atoms with Crippen LogP contribution in [-0.4, -0.2) is 23.5 Å². The number of terminal acetylenes is 1. The van der Waals surface area contributed by atoms with Gasteiger partial charge in [-0.25, -0.2) is 0 Å². The van der Waals surface area contributed by atoms with Crippen LogP contribution in [0.2, 0.25) is 0 Å².